The van der Waals surface area contributed by atoms with Gasteiger partial charge in [-0.1, -0.05) is 45.4 Å². The Labute approximate surface area is 139 Å². The van der Waals surface area contributed by atoms with E-state index < -0.39 is 0 Å². The second-order valence-electron chi connectivity index (χ2n) is 4.73. The number of benzene rings is 2. The molecule has 0 unspecified atom stereocenters. The quantitative estimate of drug-likeness (QED) is 0.639. The van der Waals surface area contributed by atoms with Gasteiger partial charge in [0.05, 0.1) is 5.69 Å². The Kier molecular flexibility index (Phi) is 4.54. The predicted octanol–water partition coefficient (Wildman–Crippen LogP) is 4.16. The topological polar surface area (TPSA) is 43.6 Å². The van der Waals surface area contributed by atoms with Crippen molar-refractivity contribution in [3.05, 3.63) is 63.9 Å². The average molecular weight is 379 g/mol. The van der Waals surface area contributed by atoms with Crippen LogP contribution in [-0.2, 0) is 5.75 Å². The normalized spacial score (nSPS) is 10.9. The van der Waals surface area contributed by atoms with E-state index in [2.05, 4.69) is 31.5 Å². The summed E-state index contributed by atoms with van der Waals surface area (Å²) in [6.45, 7) is 2.02. The SMILES string of the molecule is Cc1ccc(-n2nnnc2SCc2cc(Br)ccc2F)cc1. The molecule has 1 aromatic heterocycles. The molecule has 0 saturated heterocycles. The molecule has 2 aromatic carbocycles. The molecular formula is C15H12BrFN4S. The van der Waals surface area contributed by atoms with E-state index in [1.54, 1.807) is 16.8 Å². The van der Waals surface area contributed by atoms with Crippen molar-refractivity contribution < 1.29 is 4.39 Å². The molecule has 0 atom stereocenters. The van der Waals surface area contributed by atoms with Crippen LogP contribution >= 0.6 is 27.7 Å². The fraction of sp³-hybridized carbons (Fsp3) is 0.133. The van der Waals surface area contributed by atoms with E-state index in [0.717, 1.165) is 10.2 Å². The van der Waals surface area contributed by atoms with Crippen molar-refractivity contribution in [1.29, 1.82) is 0 Å². The Balaban J connectivity index is 1.81. The third-order valence-corrected chi connectivity index (χ3v) is 4.55. The lowest BCUT2D eigenvalue weighted by Gasteiger charge is -2.06. The highest BCUT2D eigenvalue weighted by molar-refractivity contribution is 9.10. The first-order valence-corrected chi connectivity index (χ1v) is 8.33. The van der Waals surface area contributed by atoms with Gasteiger partial charge in [0, 0.05) is 10.2 Å². The van der Waals surface area contributed by atoms with Gasteiger partial charge in [0.15, 0.2) is 0 Å². The molecule has 0 N–H and O–H groups in total. The van der Waals surface area contributed by atoms with Gasteiger partial charge >= 0.3 is 0 Å². The summed E-state index contributed by atoms with van der Waals surface area (Å²) in [5.41, 5.74) is 2.66. The Morgan fingerprint density at radius 1 is 1.18 bits per heavy atom. The number of tetrazole rings is 1. The number of hydrogen-bond acceptors (Lipinski definition) is 4. The molecule has 7 heteroatoms. The van der Waals surface area contributed by atoms with Crippen LogP contribution in [0.5, 0.6) is 0 Å². The van der Waals surface area contributed by atoms with Crippen molar-refractivity contribution in [3.63, 3.8) is 0 Å². The molecule has 0 aliphatic carbocycles. The van der Waals surface area contributed by atoms with Crippen molar-refractivity contribution in [3.8, 4) is 5.69 Å². The van der Waals surface area contributed by atoms with Crippen LogP contribution in [0.25, 0.3) is 5.69 Å². The number of halogens is 2. The molecule has 0 saturated carbocycles. The van der Waals surface area contributed by atoms with E-state index in [1.165, 1.54) is 23.4 Å². The highest BCUT2D eigenvalue weighted by Gasteiger charge is 2.11. The molecule has 0 spiro atoms. The third kappa shape index (κ3) is 3.36. The minimum atomic E-state index is -0.231. The standard InChI is InChI=1S/C15H12BrFN4S/c1-10-2-5-13(6-3-10)21-15(18-19-20-21)22-9-11-8-12(16)4-7-14(11)17/h2-8H,9H2,1H3. The van der Waals surface area contributed by atoms with Crippen LogP contribution in [0.3, 0.4) is 0 Å². The summed E-state index contributed by atoms with van der Waals surface area (Å²) in [5, 5.41) is 12.4. The number of hydrogen-bond donors (Lipinski definition) is 0. The van der Waals surface area contributed by atoms with Crippen molar-refractivity contribution in [2.24, 2.45) is 0 Å². The molecule has 3 rings (SSSR count). The minimum absolute atomic E-state index is 0.231. The lowest BCUT2D eigenvalue weighted by Crippen LogP contribution is -1.99. The molecule has 0 amide bonds. The van der Waals surface area contributed by atoms with E-state index >= 15 is 0 Å². The summed E-state index contributed by atoms with van der Waals surface area (Å²) in [6.07, 6.45) is 0. The van der Waals surface area contributed by atoms with Gasteiger partial charge in [-0.2, -0.15) is 4.68 Å². The summed E-state index contributed by atoms with van der Waals surface area (Å²) in [6, 6.07) is 12.8. The first-order chi connectivity index (χ1) is 10.6. The lowest BCUT2D eigenvalue weighted by molar-refractivity contribution is 0.617. The molecule has 3 aromatic rings. The fourth-order valence-corrected chi connectivity index (χ4v) is 3.19. The molecule has 22 heavy (non-hydrogen) atoms. The van der Waals surface area contributed by atoms with Gasteiger partial charge in [0.2, 0.25) is 5.16 Å². The first-order valence-electron chi connectivity index (χ1n) is 6.55. The van der Waals surface area contributed by atoms with Crippen LogP contribution in [0.4, 0.5) is 4.39 Å². The maximum Gasteiger partial charge on any atom is 0.214 e. The highest BCUT2D eigenvalue weighted by atomic mass is 79.9. The van der Waals surface area contributed by atoms with Crippen molar-refractivity contribution in [1.82, 2.24) is 20.2 Å². The molecule has 0 aliphatic heterocycles. The van der Waals surface area contributed by atoms with Crippen molar-refractivity contribution >= 4 is 27.7 Å². The molecule has 0 aliphatic rings. The average Bonchev–Trinajstić information content (AvgIpc) is 2.97. The Bertz CT molecular complexity index is 788. The number of rotatable bonds is 4. The van der Waals surface area contributed by atoms with Gasteiger partial charge < -0.3 is 0 Å². The zero-order valence-corrected chi connectivity index (χ0v) is 14.1. The summed E-state index contributed by atoms with van der Waals surface area (Å²) in [4.78, 5) is 0. The van der Waals surface area contributed by atoms with E-state index in [9.17, 15) is 4.39 Å². The Hall–Kier alpha value is -1.73. The number of aryl methyl sites for hydroxylation is 1. The molecular weight excluding hydrogens is 367 g/mol. The molecule has 112 valence electrons. The van der Waals surface area contributed by atoms with Gasteiger partial charge in [0.25, 0.3) is 0 Å². The van der Waals surface area contributed by atoms with Gasteiger partial charge in [-0.25, -0.2) is 4.39 Å². The molecule has 1 heterocycles. The second kappa shape index (κ2) is 6.58. The zero-order chi connectivity index (χ0) is 15.5. The van der Waals surface area contributed by atoms with E-state index in [0.29, 0.717) is 16.5 Å². The second-order valence-corrected chi connectivity index (χ2v) is 6.59. The van der Waals surface area contributed by atoms with E-state index in [1.807, 2.05) is 31.2 Å². The molecule has 4 nitrogen and oxygen atoms in total. The van der Waals surface area contributed by atoms with Crippen LogP contribution in [0, 0.1) is 12.7 Å². The summed E-state index contributed by atoms with van der Waals surface area (Å²) in [7, 11) is 0. The third-order valence-electron chi connectivity index (χ3n) is 3.08. The zero-order valence-electron chi connectivity index (χ0n) is 11.7. The number of thioether (sulfide) groups is 1. The van der Waals surface area contributed by atoms with Gasteiger partial charge in [0.1, 0.15) is 5.82 Å². The summed E-state index contributed by atoms with van der Waals surface area (Å²) in [5.74, 6) is 0.224. The maximum atomic E-state index is 13.8. The minimum Gasteiger partial charge on any atom is -0.207 e. The Morgan fingerprint density at radius 3 is 2.73 bits per heavy atom. The summed E-state index contributed by atoms with van der Waals surface area (Å²) < 4.78 is 16.3. The predicted molar refractivity (Wildman–Crippen MR) is 87.6 cm³/mol. The fourth-order valence-electron chi connectivity index (χ4n) is 1.91. The smallest absolute Gasteiger partial charge is 0.207 e. The largest absolute Gasteiger partial charge is 0.214 e. The van der Waals surface area contributed by atoms with Gasteiger partial charge in [-0.3, -0.25) is 0 Å². The van der Waals surface area contributed by atoms with E-state index in [4.69, 9.17) is 0 Å². The summed E-state index contributed by atoms with van der Waals surface area (Å²) >= 11 is 4.75. The van der Waals surface area contributed by atoms with Crippen LogP contribution in [0.1, 0.15) is 11.1 Å². The van der Waals surface area contributed by atoms with Crippen LogP contribution < -0.4 is 0 Å². The monoisotopic (exact) mass is 378 g/mol. The number of aromatic nitrogens is 4. The Morgan fingerprint density at radius 2 is 1.95 bits per heavy atom. The lowest BCUT2D eigenvalue weighted by atomic mass is 10.2. The van der Waals surface area contributed by atoms with Crippen molar-refractivity contribution in [2.75, 3.05) is 0 Å². The van der Waals surface area contributed by atoms with Gasteiger partial charge in [-0.05, 0) is 53.2 Å². The van der Waals surface area contributed by atoms with Crippen molar-refractivity contribution in [2.45, 2.75) is 17.8 Å². The van der Waals surface area contributed by atoms with Crippen LogP contribution in [0.15, 0.2) is 52.1 Å². The maximum absolute atomic E-state index is 13.8. The first kappa shape index (κ1) is 15.2. The molecule has 0 radical (unpaired) electrons. The van der Waals surface area contributed by atoms with Crippen LogP contribution in [0.2, 0.25) is 0 Å². The number of nitrogens with zero attached hydrogens (tertiary/aromatic N) is 4. The molecule has 0 bridgehead atoms. The molecule has 0 fully saturated rings. The van der Waals surface area contributed by atoms with Crippen LogP contribution in [-0.4, -0.2) is 20.2 Å². The van der Waals surface area contributed by atoms with Gasteiger partial charge in [-0.15, -0.1) is 5.10 Å². The highest BCUT2D eigenvalue weighted by Crippen LogP contribution is 2.25. The van der Waals surface area contributed by atoms with E-state index in [-0.39, 0.29) is 5.82 Å².